The maximum absolute atomic E-state index is 11.3. The molecular formula is C8H12N4O2S. The first-order chi connectivity index (χ1) is 7.17. The number of nitrogens with one attached hydrogen (secondary N) is 2. The third-order valence-corrected chi connectivity index (χ3v) is 2.97. The second-order valence-electron chi connectivity index (χ2n) is 2.76. The molecule has 1 aromatic heterocycles. The number of carbonyl (C=O) groups excluding carboxylic acids is 1. The summed E-state index contributed by atoms with van der Waals surface area (Å²) < 4.78 is 0. The maximum Gasteiger partial charge on any atom is 0.251 e. The summed E-state index contributed by atoms with van der Waals surface area (Å²) in [6, 6.07) is 1.31. The van der Waals surface area contributed by atoms with Crippen molar-refractivity contribution in [2.45, 2.75) is 23.8 Å². The number of aromatic amines is 1. The van der Waals surface area contributed by atoms with Gasteiger partial charge in [-0.15, -0.1) is 0 Å². The number of amides is 1. The van der Waals surface area contributed by atoms with Gasteiger partial charge in [0.25, 0.3) is 5.56 Å². The topological polar surface area (TPSA) is 101 Å². The average Bonchev–Trinajstić information content (AvgIpc) is 2.25. The molecule has 1 unspecified atom stereocenters. The Morgan fingerprint density at radius 1 is 1.80 bits per heavy atom. The van der Waals surface area contributed by atoms with E-state index in [9.17, 15) is 9.59 Å². The van der Waals surface area contributed by atoms with E-state index in [4.69, 9.17) is 5.84 Å². The lowest BCUT2D eigenvalue weighted by Gasteiger charge is -2.10. The molecule has 0 saturated heterocycles. The van der Waals surface area contributed by atoms with E-state index in [1.54, 1.807) is 0 Å². The number of H-pyrrole nitrogens is 1. The number of carbonyl (C=O) groups is 1. The van der Waals surface area contributed by atoms with Gasteiger partial charge in [0.1, 0.15) is 0 Å². The van der Waals surface area contributed by atoms with Crippen LogP contribution in [0, 0.1) is 0 Å². The summed E-state index contributed by atoms with van der Waals surface area (Å²) in [5.74, 6) is 4.74. The summed E-state index contributed by atoms with van der Waals surface area (Å²) >= 11 is 1.18. The Labute approximate surface area is 90.6 Å². The van der Waals surface area contributed by atoms with Crippen LogP contribution in [0.5, 0.6) is 0 Å². The fourth-order valence-corrected chi connectivity index (χ4v) is 1.85. The van der Waals surface area contributed by atoms with Gasteiger partial charge in [0, 0.05) is 12.3 Å². The second kappa shape index (κ2) is 5.52. The molecule has 1 atom stereocenters. The zero-order valence-corrected chi connectivity index (χ0v) is 9.00. The highest BCUT2D eigenvalue weighted by Gasteiger charge is 2.17. The van der Waals surface area contributed by atoms with Crippen LogP contribution >= 0.6 is 11.8 Å². The van der Waals surface area contributed by atoms with Gasteiger partial charge in [0.2, 0.25) is 5.91 Å². The molecule has 0 aliphatic heterocycles. The fraction of sp³-hybridized carbons (Fsp3) is 0.375. The average molecular weight is 228 g/mol. The Bertz CT molecular complexity index is 392. The minimum absolute atomic E-state index is 0.240. The first-order valence-electron chi connectivity index (χ1n) is 4.39. The molecule has 0 bridgehead atoms. The number of hydrazine groups is 1. The number of hydrogen-bond donors (Lipinski definition) is 3. The van der Waals surface area contributed by atoms with Crippen LogP contribution in [0.15, 0.2) is 22.2 Å². The second-order valence-corrected chi connectivity index (χ2v) is 3.95. The molecule has 82 valence electrons. The first kappa shape index (κ1) is 11.7. The van der Waals surface area contributed by atoms with E-state index >= 15 is 0 Å². The number of nitrogens with zero attached hydrogens (tertiary/aromatic N) is 1. The Kier molecular flexibility index (Phi) is 4.32. The van der Waals surface area contributed by atoms with E-state index < -0.39 is 0 Å². The van der Waals surface area contributed by atoms with Crippen molar-refractivity contribution in [3.63, 3.8) is 0 Å². The van der Waals surface area contributed by atoms with E-state index in [0.29, 0.717) is 11.6 Å². The number of aromatic nitrogens is 2. The molecule has 1 rings (SSSR count). The predicted molar refractivity (Wildman–Crippen MR) is 57.1 cm³/mol. The van der Waals surface area contributed by atoms with Crippen LogP contribution in [-0.2, 0) is 4.79 Å². The van der Waals surface area contributed by atoms with Gasteiger partial charge in [0.15, 0.2) is 5.16 Å². The molecule has 1 aromatic rings. The van der Waals surface area contributed by atoms with Gasteiger partial charge in [-0.1, -0.05) is 18.7 Å². The van der Waals surface area contributed by atoms with Crippen molar-refractivity contribution in [1.29, 1.82) is 0 Å². The van der Waals surface area contributed by atoms with E-state index in [1.807, 2.05) is 6.92 Å². The van der Waals surface area contributed by atoms with Crippen molar-refractivity contribution in [3.05, 3.63) is 22.6 Å². The standard InChI is InChI=1S/C8H12N4O2S/c1-2-5(7(14)12-9)15-8-10-4-3-6(13)11-8/h3-5H,2,9H2,1H3,(H,12,14)(H,10,11,13). The molecule has 0 fully saturated rings. The number of rotatable bonds is 4. The van der Waals surface area contributed by atoms with Crippen molar-refractivity contribution in [1.82, 2.24) is 15.4 Å². The molecule has 0 aliphatic carbocycles. The molecule has 0 spiro atoms. The molecule has 0 aromatic carbocycles. The third kappa shape index (κ3) is 3.37. The minimum atomic E-state index is -0.347. The first-order valence-corrected chi connectivity index (χ1v) is 5.27. The van der Waals surface area contributed by atoms with Gasteiger partial charge < -0.3 is 4.98 Å². The van der Waals surface area contributed by atoms with Gasteiger partial charge in [0.05, 0.1) is 5.25 Å². The Balaban J connectivity index is 2.75. The van der Waals surface area contributed by atoms with Crippen molar-refractivity contribution in [2.24, 2.45) is 5.84 Å². The van der Waals surface area contributed by atoms with Crippen LogP contribution < -0.4 is 16.8 Å². The number of thioether (sulfide) groups is 1. The third-order valence-electron chi connectivity index (χ3n) is 1.71. The number of hydrogen-bond acceptors (Lipinski definition) is 5. The summed E-state index contributed by atoms with van der Waals surface area (Å²) in [5.41, 5.74) is 1.83. The molecule has 6 nitrogen and oxygen atoms in total. The zero-order valence-electron chi connectivity index (χ0n) is 8.19. The van der Waals surface area contributed by atoms with Gasteiger partial charge in [-0.25, -0.2) is 10.8 Å². The SMILES string of the molecule is CCC(Sc1nccc(=O)[nH]1)C(=O)NN. The maximum atomic E-state index is 11.3. The zero-order chi connectivity index (χ0) is 11.3. The predicted octanol–water partition coefficient (Wildman–Crippen LogP) is -0.370. The smallest absolute Gasteiger partial charge is 0.251 e. The van der Waals surface area contributed by atoms with Crippen molar-refractivity contribution in [2.75, 3.05) is 0 Å². The number of nitrogens with two attached hydrogens (primary N) is 1. The Morgan fingerprint density at radius 2 is 2.53 bits per heavy atom. The summed E-state index contributed by atoms with van der Waals surface area (Å²) in [4.78, 5) is 28.7. The van der Waals surface area contributed by atoms with Crippen molar-refractivity contribution < 1.29 is 4.79 Å². The molecule has 15 heavy (non-hydrogen) atoms. The van der Waals surface area contributed by atoms with Crippen molar-refractivity contribution >= 4 is 17.7 Å². The van der Waals surface area contributed by atoms with Crippen LogP contribution in [0.2, 0.25) is 0 Å². The van der Waals surface area contributed by atoms with Crippen LogP contribution in [-0.4, -0.2) is 21.1 Å². The molecule has 0 radical (unpaired) electrons. The quantitative estimate of drug-likeness (QED) is 0.215. The van der Waals surface area contributed by atoms with Gasteiger partial charge in [-0.2, -0.15) is 0 Å². The normalized spacial score (nSPS) is 12.1. The molecule has 1 amide bonds. The Morgan fingerprint density at radius 3 is 3.07 bits per heavy atom. The van der Waals surface area contributed by atoms with Crippen molar-refractivity contribution in [3.8, 4) is 0 Å². The molecule has 0 saturated carbocycles. The van der Waals surface area contributed by atoms with E-state index in [2.05, 4.69) is 15.4 Å². The lowest BCUT2D eigenvalue weighted by Crippen LogP contribution is -2.37. The van der Waals surface area contributed by atoms with E-state index in [0.717, 1.165) is 0 Å². The van der Waals surface area contributed by atoms with Gasteiger partial charge in [-0.3, -0.25) is 15.0 Å². The van der Waals surface area contributed by atoms with Crippen LogP contribution in [0.25, 0.3) is 0 Å². The summed E-state index contributed by atoms with van der Waals surface area (Å²) in [5, 5.41) is 0.0681. The van der Waals surface area contributed by atoms with Crippen LogP contribution in [0.1, 0.15) is 13.3 Å². The highest BCUT2D eigenvalue weighted by atomic mass is 32.2. The van der Waals surface area contributed by atoms with E-state index in [-0.39, 0.29) is 16.7 Å². The van der Waals surface area contributed by atoms with Crippen LogP contribution in [0.4, 0.5) is 0 Å². The van der Waals surface area contributed by atoms with Gasteiger partial charge in [-0.05, 0) is 6.42 Å². The summed E-state index contributed by atoms with van der Waals surface area (Å²) in [7, 11) is 0. The molecule has 4 N–H and O–H groups in total. The largest absolute Gasteiger partial charge is 0.301 e. The Hall–Kier alpha value is -1.34. The highest BCUT2D eigenvalue weighted by molar-refractivity contribution is 8.00. The summed E-state index contributed by atoms with van der Waals surface area (Å²) in [6.45, 7) is 1.86. The van der Waals surface area contributed by atoms with E-state index in [1.165, 1.54) is 24.0 Å². The highest BCUT2D eigenvalue weighted by Crippen LogP contribution is 2.20. The van der Waals surface area contributed by atoms with Gasteiger partial charge >= 0.3 is 0 Å². The van der Waals surface area contributed by atoms with Crippen LogP contribution in [0.3, 0.4) is 0 Å². The minimum Gasteiger partial charge on any atom is -0.301 e. The monoisotopic (exact) mass is 228 g/mol. The lowest BCUT2D eigenvalue weighted by molar-refractivity contribution is -0.120. The summed E-state index contributed by atoms with van der Waals surface area (Å²) in [6.07, 6.45) is 2.00. The lowest BCUT2D eigenvalue weighted by atomic mass is 10.3. The fourth-order valence-electron chi connectivity index (χ4n) is 0.962. The molecular weight excluding hydrogens is 216 g/mol. The molecule has 1 heterocycles. The molecule has 0 aliphatic rings. The molecule has 7 heteroatoms.